The molecule has 2 rings (SSSR count). The van der Waals surface area contributed by atoms with E-state index in [1.807, 2.05) is 0 Å². The van der Waals surface area contributed by atoms with Gasteiger partial charge in [-0.25, -0.2) is 0 Å². The van der Waals surface area contributed by atoms with Crippen molar-refractivity contribution in [2.24, 2.45) is 11.8 Å². The van der Waals surface area contributed by atoms with E-state index in [2.05, 4.69) is 0 Å². The fraction of sp³-hybridized carbons (Fsp3) is 0.462. The van der Waals surface area contributed by atoms with Crippen LogP contribution in [-0.2, 0) is 11.3 Å². The van der Waals surface area contributed by atoms with Crippen LogP contribution in [-0.4, -0.2) is 40.2 Å². The van der Waals surface area contributed by atoms with Gasteiger partial charge in [0.15, 0.2) is 0 Å². The van der Waals surface area contributed by atoms with Crippen molar-refractivity contribution >= 4 is 23.3 Å². The number of hydrogen-bond donors (Lipinski definition) is 1. The number of benzene rings is 1. The van der Waals surface area contributed by atoms with Crippen molar-refractivity contribution in [3.63, 3.8) is 0 Å². The van der Waals surface area contributed by atoms with Crippen LogP contribution in [0.4, 0.5) is 18.9 Å². The Morgan fingerprint density at radius 3 is 2.57 bits per heavy atom. The molecule has 0 aromatic heterocycles. The van der Waals surface area contributed by atoms with Crippen molar-refractivity contribution < 1.29 is 28.0 Å². The van der Waals surface area contributed by atoms with E-state index in [4.69, 9.17) is 16.7 Å². The van der Waals surface area contributed by atoms with Crippen LogP contribution in [0.5, 0.6) is 0 Å². The SMILES string of the molecule is O=C(O)[C@@H]1CN(Cc2cc(Cl)ccc2[N+](=O)[O-])C[C@H]1C(F)(F)F. The molecule has 1 aromatic carbocycles. The first-order valence-electron chi connectivity index (χ1n) is 6.54. The first kappa shape index (κ1) is 17.5. The highest BCUT2D eigenvalue weighted by molar-refractivity contribution is 6.30. The molecule has 126 valence electrons. The first-order chi connectivity index (χ1) is 10.6. The van der Waals surface area contributed by atoms with Gasteiger partial charge in [0.25, 0.3) is 5.69 Å². The number of nitro benzene ring substituents is 1. The molecule has 0 unspecified atom stereocenters. The van der Waals surface area contributed by atoms with Crippen LogP contribution >= 0.6 is 11.6 Å². The number of likely N-dealkylation sites (tertiary alicyclic amines) is 1. The molecule has 1 fully saturated rings. The Bertz CT molecular complexity index is 638. The number of nitrogens with zero attached hydrogens (tertiary/aromatic N) is 2. The van der Waals surface area contributed by atoms with Crippen LogP contribution in [0, 0.1) is 22.0 Å². The molecule has 1 saturated heterocycles. The highest BCUT2D eigenvalue weighted by Gasteiger charge is 2.52. The zero-order chi connectivity index (χ0) is 17.4. The summed E-state index contributed by atoms with van der Waals surface area (Å²) in [5.41, 5.74) is -0.119. The normalized spacial score (nSPS) is 22.3. The van der Waals surface area contributed by atoms with Crippen molar-refractivity contribution in [3.05, 3.63) is 38.9 Å². The van der Waals surface area contributed by atoms with Gasteiger partial charge in [-0.15, -0.1) is 0 Å². The van der Waals surface area contributed by atoms with E-state index in [0.717, 1.165) is 0 Å². The van der Waals surface area contributed by atoms with Crippen molar-refractivity contribution in [3.8, 4) is 0 Å². The molecule has 23 heavy (non-hydrogen) atoms. The number of aliphatic carboxylic acids is 1. The number of carbonyl (C=O) groups is 1. The lowest BCUT2D eigenvalue weighted by Crippen LogP contribution is -2.33. The molecule has 6 nitrogen and oxygen atoms in total. The highest BCUT2D eigenvalue weighted by atomic mass is 35.5. The lowest BCUT2D eigenvalue weighted by atomic mass is 9.96. The smallest absolute Gasteiger partial charge is 0.393 e. The summed E-state index contributed by atoms with van der Waals surface area (Å²) in [6, 6.07) is 3.78. The summed E-state index contributed by atoms with van der Waals surface area (Å²) in [5, 5.41) is 20.1. The Morgan fingerprint density at radius 2 is 2.09 bits per heavy atom. The molecule has 1 heterocycles. The summed E-state index contributed by atoms with van der Waals surface area (Å²) >= 11 is 5.77. The second-order valence-corrected chi connectivity index (χ2v) is 5.75. The molecule has 0 amide bonds. The van der Waals surface area contributed by atoms with Gasteiger partial charge >= 0.3 is 12.1 Å². The largest absolute Gasteiger partial charge is 0.481 e. The second kappa shape index (κ2) is 6.32. The number of alkyl halides is 3. The molecular formula is C13H12ClF3N2O4. The molecule has 0 radical (unpaired) electrons. The van der Waals surface area contributed by atoms with Gasteiger partial charge in [0.2, 0.25) is 0 Å². The van der Waals surface area contributed by atoms with E-state index >= 15 is 0 Å². The van der Waals surface area contributed by atoms with Crippen LogP contribution in [0.3, 0.4) is 0 Å². The Morgan fingerprint density at radius 1 is 1.43 bits per heavy atom. The molecule has 0 bridgehead atoms. The summed E-state index contributed by atoms with van der Waals surface area (Å²) in [6.07, 6.45) is -4.64. The molecule has 1 aliphatic heterocycles. The number of hydrogen-bond acceptors (Lipinski definition) is 4. The van der Waals surface area contributed by atoms with Crippen LogP contribution in [0.25, 0.3) is 0 Å². The van der Waals surface area contributed by atoms with Crippen molar-refractivity contribution in [2.75, 3.05) is 13.1 Å². The number of nitro groups is 1. The number of carboxylic acid groups (broad SMARTS) is 1. The van der Waals surface area contributed by atoms with E-state index in [9.17, 15) is 28.1 Å². The maximum atomic E-state index is 12.9. The average molecular weight is 353 g/mol. The summed E-state index contributed by atoms with van der Waals surface area (Å²) in [4.78, 5) is 22.6. The second-order valence-electron chi connectivity index (χ2n) is 5.32. The molecule has 1 N–H and O–H groups in total. The van der Waals surface area contributed by atoms with Crippen molar-refractivity contribution in [2.45, 2.75) is 12.7 Å². The van der Waals surface area contributed by atoms with Crippen molar-refractivity contribution in [1.29, 1.82) is 0 Å². The van der Waals surface area contributed by atoms with Gasteiger partial charge in [0.1, 0.15) is 0 Å². The molecule has 0 spiro atoms. The number of rotatable bonds is 4. The molecule has 2 atom stereocenters. The van der Waals surface area contributed by atoms with Gasteiger partial charge in [-0.2, -0.15) is 13.2 Å². The number of carboxylic acids is 1. The van der Waals surface area contributed by atoms with E-state index in [1.165, 1.54) is 23.1 Å². The molecule has 1 aliphatic rings. The van der Waals surface area contributed by atoms with Gasteiger partial charge in [-0.3, -0.25) is 19.8 Å². The predicted molar refractivity (Wildman–Crippen MR) is 74.1 cm³/mol. The van der Waals surface area contributed by atoms with Crippen LogP contribution in [0.15, 0.2) is 18.2 Å². The third-order valence-corrected chi connectivity index (χ3v) is 4.00. The fourth-order valence-electron chi connectivity index (χ4n) is 2.70. The third kappa shape index (κ3) is 3.91. The topological polar surface area (TPSA) is 83.7 Å². The van der Waals surface area contributed by atoms with Gasteiger partial charge in [0.05, 0.1) is 16.8 Å². The first-order valence-corrected chi connectivity index (χ1v) is 6.92. The maximum Gasteiger partial charge on any atom is 0.393 e. The van der Waals surface area contributed by atoms with Gasteiger partial charge in [-0.1, -0.05) is 11.6 Å². The molecular weight excluding hydrogens is 341 g/mol. The van der Waals surface area contributed by atoms with E-state index < -0.39 is 35.4 Å². The van der Waals surface area contributed by atoms with E-state index in [-0.39, 0.29) is 29.4 Å². The molecule has 10 heteroatoms. The average Bonchev–Trinajstić information content (AvgIpc) is 2.82. The standard InChI is InChI=1S/C13H12ClF3N2O4/c14-8-1-2-11(19(22)23)7(3-8)4-18-5-9(12(20)21)10(6-18)13(15,16)17/h1-3,9-10H,4-6H2,(H,20,21)/t9-,10-/m1/s1. The molecule has 0 aliphatic carbocycles. The third-order valence-electron chi connectivity index (χ3n) is 3.77. The lowest BCUT2D eigenvalue weighted by Gasteiger charge is -2.18. The monoisotopic (exact) mass is 352 g/mol. The zero-order valence-corrected chi connectivity index (χ0v) is 12.3. The molecule has 1 aromatic rings. The number of halogens is 4. The van der Waals surface area contributed by atoms with Crippen LogP contribution in [0.1, 0.15) is 5.56 Å². The maximum absolute atomic E-state index is 12.9. The Hall–Kier alpha value is -1.87. The van der Waals surface area contributed by atoms with Crippen LogP contribution < -0.4 is 0 Å². The summed E-state index contributed by atoms with van der Waals surface area (Å²) in [6.45, 7) is -1.03. The highest BCUT2D eigenvalue weighted by Crippen LogP contribution is 2.38. The Labute approximate surface area is 133 Å². The van der Waals surface area contributed by atoms with Gasteiger partial charge in [-0.05, 0) is 12.1 Å². The summed E-state index contributed by atoms with van der Waals surface area (Å²) in [7, 11) is 0. The van der Waals surface area contributed by atoms with E-state index in [1.54, 1.807) is 0 Å². The van der Waals surface area contributed by atoms with Crippen LogP contribution in [0.2, 0.25) is 5.02 Å². The zero-order valence-electron chi connectivity index (χ0n) is 11.6. The lowest BCUT2D eigenvalue weighted by molar-refractivity contribution is -0.385. The fourth-order valence-corrected chi connectivity index (χ4v) is 2.89. The van der Waals surface area contributed by atoms with Crippen molar-refractivity contribution in [1.82, 2.24) is 4.90 Å². The minimum absolute atomic E-state index is 0.148. The Balaban J connectivity index is 2.24. The minimum atomic E-state index is -4.64. The Kier molecular flexibility index (Phi) is 4.81. The predicted octanol–water partition coefficient (Wildman–Crippen LogP) is 2.94. The molecule has 0 saturated carbocycles. The minimum Gasteiger partial charge on any atom is -0.481 e. The quantitative estimate of drug-likeness (QED) is 0.665. The summed E-state index contributed by atoms with van der Waals surface area (Å²) < 4.78 is 38.8. The van der Waals surface area contributed by atoms with Gasteiger partial charge < -0.3 is 5.11 Å². The van der Waals surface area contributed by atoms with Gasteiger partial charge in [0, 0.05) is 36.3 Å². The van der Waals surface area contributed by atoms with E-state index in [0.29, 0.717) is 0 Å². The summed E-state index contributed by atoms with van der Waals surface area (Å²) in [5.74, 6) is -5.12.